The normalized spacial score (nSPS) is 19.3. The smallest absolute Gasteiger partial charge is 0.414 e. The highest BCUT2D eigenvalue weighted by Gasteiger charge is 2.51. The number of nitrogens with one attached hydrogen (secondary N) is 1. The molecule has 2 fully saturated rings. The Kier molecular flexibility index (Phi) is 8.64. The highest BCUT2D eigenvalue weighted by atomic mass is 35.5. The topological polar surface area (TPSA) is 146 Å². The first kappa shape index (κ1) is 28.0. The first-order chi connectivity index (χ1) is 19.4. The van der Waals surface area contributed by atoms with Gasteiger partial charge in [0.1, 0.15) is 20.3 Å². The van der Waals surface area contributed by atoms with E-state index in [0.717, 1.165) is 16.2 Å². The van der Waals surface area contributed by atoms with Crippen LogP contribution in [0, 0.1) is 5.92 Å². The molecule has 0 unspecified atom stereocenters. The number of morpholine rings is 1. The number of carboxylic acids is 1. The van der Waals surface area contributed by atoms with Gasteiger partial charge in [0, 0.05) is 23.8 Å². The molecular weight excluding hydrogens is 564 g/mol. The van der Waals surface area contributed by atoms with Crippen LogP contribution in [0.5, 0.6) is 0 Å². The average molecular weight is 594 g/mol. The average Bonchev–Trinajstić information content (AvgIpc) is 3.52. The fourth-order valence-electron chi connectivity index (χ4n) is 4.80. The molecule has 4 rings (SSSR count). The summed E-state index contributed by atoms with van der Waals surface area (Å²) in [5, 5.41) is 13.0. The number of hydrogen-bond donors (Lipinski definition) is 2. The second-order valence-corrected chi connectivity index (χ2v) is 11.2. The zero-order valence-corrected chi connectivity index (χ0v) is 23.4. The predicted molar refractivity (Wildman–Crippen MR) is 147 cm³/mol. The van der Waals surface area contributed by atoms with Gasteiger partial charge in [-0.15, -0.1) is 11.3 Å². The number of amides is 3. The Balaban J connectivity index is 1.60. The number of rotatable bonds is 11. The fourth-order valence-corrected chi connectivity index (χ4v) is 5.80. The number of hydrogen-bond acceptors (Lipinski definition) is 9. The van der Waals surface area contributed by atoms with Gasteiger partial charge in [-0.1, -0.05) is 25.4 Å². The maximum absolute atomic E-state index is 13.7. The van der Waals surface area contributed by atoms with Gasteiger partial charge in [-0.25, -0.2) is 9.59 Å². The number of benzene rings is 1. The third-order valence-electron chi connectivity index (χ3n) is 6.77. The number of carbonyl (C=O) groups excluding carboxylic acids is 4. The van der Waals surface area contributed by atoms with E-state index < -0.39 is 48.5 Å². The van der Waals surface area contributed by atoms with Crippen LogP contribution in [-0.2, 0) is 23.9 Å². The van der Waals surface area contributed by atoms with Crippen LogP contribution in [0.15, 0.2) is 36.4 Å². The second-order valence-electron chi connectivity index (χ2n) is 9.47. The largest absolute Gasteiger partial charge is 0.478 e. The van der Waals surface area contributed by atoms with Gasteiger partial charge < -0.3 is 29.2 Å². The number of anilines is 2. The first-order valence-corrected chi connectivity index (χ1v) is 13.6. The lowest BCUT2D eigenvalue weighted by Gasteiger charge is -2.44. The van der Waals surface area contributed by atoms with Crippen molar-refractivity contribution in [2.45, 2.75) is 25.6 Å². The van der Waals surface area contributed by atoms with Gasteiger partial charge in [-0.05, 0) is 36.4 Å². The highest BCUT2D eigenvalue weighted by Crippen LogP contribution is 2.32. The minimum Gasteiger partial charge on any atom is -0.478 e. The van der Waals surface area contributed by atoms with Crippen LogP contribution in [0.2, 0.25) is 4.34 Å². The standard InChI is InChI=1S/C26H29ClN4O8S/c1-16(2)26(24(35)36,28-9-11-32)31(23(34)20-7-8-21(27)40-20)14-19-13-30(25(37)39-19)18-5-3-17(4-6-18)29-10-12-38-15-22(29)33/h3-8,11,16,19,28H,9-10,12-15H2,1-2H3,(H,35,36)/t19-,26-/m1/s1/i11D. The first-order valence-electron chi connectivity index (χ1n) is 13.0. The molecule has 0 bridgehead atoms. The van der Waals surface area contributed by atoms with Crippen molar-refractivity contribution in [3.8, 4) is 0 Å². The molecule has 214 valence electrons. The maximum Gasteiger partial charge on any atom is 0.414 e. The molecule has 1 aromatic heterocycles. The lowest BCUT2D eigenvalue weighted by Crippen LogP contribution is -2.70. The molecule has 12 nitrogen and oxygen atoms in total. The van der Waals surface area contributed by atoms with Crippen molar-refractivity contribution in [2.24, 2.45) is 5.92 Å². The number of aliphatic carboxylic acids is 1. The summed E-state index contributed by atoms with van der Waals surface area (Å²) >= 11 is 6.99. The number of carboxylic acid groups (broad SMARTS) is 1. The van der Waals surface area contributed by atoms with Gasteiger partial charge >= 0.3 is 12.1 Å². The van der Waals surface area contributed by atoms with E-state index in [1.54, 1.807) is 43.0 Å². The van der Waals surface area contributed by atoms with Gasteiger partial charge in [0.05, 0.1) is 35.5 Å². The van der Waals surface area contributed by atoms with Crippen molar-refractivity contribution >= 4 is 64.5 Å². The summed E-state index contributed by atoms with van der Waals surface area (Å²) in [6.45, 7) is 2.97. The second kappa shape index (κ2) is 12.3. The van der Waals surface area contributed by atoms with Gasteiger partial charge in [-0.2, -0.15) is 0 Å². The number of nitrogens with zero attached hydrogens (tertiary/aromatic N) is 3. The van der Waals surface area contributed by atoms with Crippen LogP contribution >= 0.6 is 22.9 Å². The number of ether oxygens (including phenoxy) is 2. The Hall–Kier alpha value is -3.52. The summed E-state index contributed by atoms with van der Waals surface area (Å²) in [6.07, 6.45) is -2.70. The van der Waals surface area contributed by atoms with E-state index in [0.29, 0.717) is 28.9 Å². The zero-order chi connectivity index (χ0) is 29.9. The number of thiophene rings is 1. The molecule has 0 radical (unpaired) electrons. The molecule has 14 heteroatoms. The van der Waals surface area contributed by atoms with Crippen LogP contribution < -0.4 is 15.1 Å². The summed E-state index contributed by atoms with van der Waals surface area (Å²) in [5.74, 6) is -3.09. The van der Waals surface area contributed by atoms with Gasteiger partial charge in [0.25, 0.3) is 11.8 Å². The minimum absolute atomic E-state index is 0.00515. The van der Waals surface area contributed by atoms with E-state index >= 15 is 0 Å². The lowest BCUT2D eigenvalue weighted by atomic mass is 9.92. The Morgan fingerprint density at radius 2 is 1.93 bits per heavy atom. The third kappa shape index (κ3) is 5.82. The lowest BCUT2D eigenvalue weighted by molar-refractivity contribution is -0.157. The number of carbonyl (C=O) groups is 5. The molecule has 1 aromatic carbocycles. The molecule has 2 saturated heterocycles. The Morgan fingerprint density at radius 1 is 1.25 bits per heavy atom. The SMILES string of the molecule is [2H]C(=O)CN[C@](C(=O)O)(C(C)C)N(C[C@H]1CN(c2ccc(N3CCOCC3=O)cc2)C(=O)O1)C(=O)c1ccc(Cl)s1. The maximum atomic E-state index is 13.7. The van der Waals surface area contributed by atoms with Crippen molar-refractivity contribution in [1.82, 2.24) is 10.2 Å². The zero-order valence-electron chi connectivity index (χ0n) is 22.8. The van der Waals surface area contributed by atoms with Gasteiger partial charge in [0.2, 0.25) is 0 Å². The van der Waals surface area contributed by atoms with Crippen molar-refractivity contribution in [2.75, 3.05) is 49.2 Å². The van der Waals surface area contributed by atoms with Crippen LogP contribution in [0.3, 0.4) is 0 Å². The Labute approximate surface area is 240 Å². The van der Waals surface area contributed by atoms with E-state index in [9.17, 15) is 29.1 Å². The summed E-state index contributed by atoms with van der Waals surface area (Å²) in [4.78, 5) is 67.2. The summed E-state index contributed by atoms with van der Waals surface area (Å²) in [7, 11) is 0. The Morgan fingerprint density at radius 3 is 2.48 bits per heavy atom. The van der Waals surface area contributed by atoms with Gasteiger partial charge in [0.15, 0.2) is 5.66 Å². The van der Waals surface area contributed by atoms with E-state index in [1.165, 1.54) is 17.0 Å². The van der Waals surface area contributed by atoms with E-state index in [-0.39, 0.29) is 30.5 Å². The van der Waals surface area contributed by atoms with Crippen molar-refractivity contribution in [3.05, 3.63) is 45.6 Å². The van der Waals surface area contributed by atoms with Crippen molar-refractivity contribution in [3.63, 3.8) is 0 Å². The fraction of sp³-hybridized carbons (Fsp3) is 0.423. The van der Waals surface area contributed by atoms with Crippen LogP contribution in [0.4, 0.5) is 16.2 Å². The number of cyclic esters (lactones) is 1. The van der Waals surface area contributed by atoms with E-state index in [2.05, 4.69) is 5.32 Å². The summed E-state index contributed by atoms with van der Waals surface area (Å²) < 4.78 is 18.3. The van der Waals surface area contributed by atoms with Crippen LogP contribution in [0.25, 0.3) is 0 Å². The Bertz CT molecular complexity index is 1340. The van der Waals surface area contributed by atoms with Gasteiger partial charge in [-0.3, -0.25) is 19.8 Å². The minimum atomic E-state index is -2.11. The van der Waals surface area contributed by atoms with E-state index in [4.69, 9.17) is 22.4 Å². The molecule has 3 amide bonds. The molecule has 0 spiro atoms. The monoisotopic (exact) mass is 593 g/mol. The van der Waals surface area contributed by atoms with Crippen molar-refractivity contribution in [1.29, 1.82) is 0 Å². The molecule has 40 heavy (non-hydrogen) atoms. The molecule has 0 saturated carbocycles. The quantitative estimate of drug-likeness (QED) is 0.296. The molecule has 3 heterocycles. The summed E-state index contributed by atoms with van der Waals surface area (Å²) in [5.41, 5.74) is -0.983. The van der Waals surface area contributed by atoms with Crippen molar-refractivity contribution < 1.29 is 39.9 Å². The molecule has 2 aliphatic heterocycles. The van der Waals surface area contributed by atoms with E-state index in [1.807, 2.05) is 0 Å². The molecular formula is C26H29ClN4O8S. The molecule has 2 aromatic rings. The molecule has 0 aliphatic carbocycles. The summed E-state index contributed by atoms with van der Waals surface area (Å²) in [6, 6.07) is 9.68. The highest BCUT2D eigenvalue weighted by molar-refractivity contribution is 7.18. The molecule has 2 atom stereocenters. The number of halogens is 1. The van der Waals surface area contributed by atoms with Crippen LogP contribution in [-0.4, -0.2) is 91.3 Å². The van der Waals surface area contributed by atoms with Crippen LogP contribution in [0.1, 0.15) is 24.9 Å². The molecule has 2 aliphatic rings. The predicted octanol–water partition coefficient (Wildman–Crippen LogP) is 2.46. The third-order valence-corrected chi connectivity index (χ3v) is 7.98. The molecule has 2 N–H and O–H groups in total. The number of aldehydes is 1.